The summed E-state index contributed by atoms with van der Waals surface area (Å²) in [4.78, 5) is 16.1. The van der Waals surface area contributed by atoms with Gasteiger partial charge in [0.1, 0.15) is 11.5 Å². The van der Waals surface area contributed by atoms with E-state index in [1.54, 1.807) is 42.1 Å². The molecule has 1 fully saturated rings. The first kappa shape index (κ1) is 19.3. The van der Waals surface area contributed by atoms with Gasteiger partial charge in [0.15, 0.2) is 9.84 Å². The number of sulfone groups is 1. The van der Waals surface area contributed by atoms with Crippen LogP contribution >= 0.6 is 0 Å². The number of nitrogens with one attached hydrogen (secondary N) is 1. The Morgan fingerprint density at radius 2 is 1.70 bits per heavy atom. The van der Waals surface area contributed by atoms with E-state index in [0.717, 1.165) is 0 Å². The molecule has 9 heteroatoms. The Kier molecular flexibility index (Phi) is 5.73. The topological polar surface area (TPSA) is 115 Å². The lowest BCUT2D eigenvalue weighted by Gasteiger charge is -2.34. The summed E-state index contributed by atoms with van der Waals surface area (Å²) in [5.41, 5.74) is 0.392. The highest BCUT2D eigenvalue weighted by atomic mass is 32.2. The second-order valence-electron chi connectivity index (χ2n) is 6.35. The fraction of sp³-hybridized carbons (Fsp3) is 0.333. The lowest BCUT2D eigenvalue weighted by molar-refractivity contribution is -0.143. The predicted octanol–water partition coefficient (Wildman–Crippen LogP) is 1.95. The van der Waals surface area contributed by atoms with Crippen LogP contribution in [0.3, 0.4) is 0 Å². The average Bonchev–Trinajstić information content (AvgIpc) is 2.69. The quantitative estimate of drug-likeness (QED) is 0.570. The van der Waals surface area contributed by atoms with Crippen molar-refractivity contribution >= 4 is 15.7 Å². The molecule has 1 saturated heterocycles. The Hall–Kier alpha value is -2.49. The lowest BCUT2D eigenvalue weighted by atomic mass is 9.81. The van der Waals surface area contributed by atoms with Gasteiger partial charge in [-0.3, -0.25) is 15.0 Å². The molecule has 1 aromatic carbocycles. The number of aromatic nitrogens is 1. The SMILES string of the molecule is O=C(NO)C1(CS(=O)(=O)c2ccc(Oc3ccncc3)cc2)CCOCC1. The van der Waals surface area contributed by atoms with Gasteiger partial charge >= 0.3 is 0 Å². The summed E-state index contributed by atoms with van der Waals surface area (Å²) in [5, 5.41) is 9.04. The molecule has 0 aliphatic carbocycles. The number of amides is 1. The monoisotopic (exact) mass is 392 g/mol. The third-order valence-electron chi connectivity index (χ3n) is 4.57. The Labute approximate surface area is 157 Å². The van der Waals surface area contributed by atoms with Crippen molar-refractivity contribution in [1.29, 1.82) is 0 Å². The first-order valence-corrected chi connectivity index (χ1v) is 10.0. The predicted molar refractivity (Wildman–Crippen MR) is 95.2 cm³/mol. The van der Waals surface area contributed by atoms with Gasteiger partial charge < -0.3 is 9.47 Å². The Morgan fingerprint density at radius 1 is 1.11 bits per heavy atom. The number of benzene rings is 1. The van der Waals surface area contributed by atoms with Crippen molar-refractivity contribution in [1.82, 2.24) is 10.5 Å². The molecule has 0 atom stereocenters. The van der Waals surface area contributed by atoms with Gasteiger partial charge in [-0.15, -0.1) is 0 Å². The number of hydrogen-bond donors (Lipinski definition) is 2. The molecule has 1 amide bonds. The number of rotatable bonds is 6. The molecule has 0 unspecified atom stereocenters. The van der Waals surface area contributed by atoms with E-state index in [1.165, 1.54) is 12.1 Å². The van der Waals surface area contributed by atoms with Crippen LogP contribution in [0.2, 0.25) is 0 Å². The molecule has 2 aromatic rings. The molecule has 3 rings (SSSR count). The van der Waals surface area contributed by atoms with E-state index in [1.807, 2.05) is 0 Å². The summed E-state index contributed by atoms with van der Waals surface area (Å²) in [6.45, 7) is 0.531. The van der Waals surface area contributed by atoms with Gasteiger partial charge in [0.25, 0.3) is 5.91 Å². The zero-order valence-electron chi connectivity index (χ0n) is 14.5. The molecular weight excluding hydrogens is 372 g/mol. The highest BCUT2D eigenvalue weighted by molar-refractivity contribution is 7.91. The number of pyridine rings is 1. The molecule has 27 heavy (non-hydrogen) atoms. The van der Waals surface area contributed by atoms with Crippen LogP contribution in [0.1, 0.15) is 12.8 Å². The summed E-state index contributed by atoms with van der Waals surface area (Å²) in [7, 11) is -3.76. The van der Waals surface area contributed by atoms with E-state index >= 15 is 0 Å². The summed E-state index contributed by atoms with van der Waals surface area (Å²) >= 11 is 0. The van der Waals surface area contributed by atoms with Crippen molar-refractivity contribution < 1.29 is 27.9 Å². The van der Waals surface area contributed by atoms with Gasteiger partial charge in [0.05, 0.1) is 16.1 Å². The highest BCUT2D eigenvalue weighted by Gasteiger charge is 2.44. The maximum atomic E-state index is 12.8. The first-order chi connectivity index (χ1) is 13.0. The summed E-state index contributed by atoms with van der Waals surface area (Å²) in [6, 6.07) is 9.36. The van der Waals surface area contributed by atoms with Gasteiger partial charge in [-0.25, -0.2) is 13.9 Å². The average molecular weight is 392 g/mol. The van der Waals surface area contributed by atoms with Gasteiger partial charge in [-0.05, 0) is 49.2 Å². The summed E-state index contributed by atoms with van der Waals surface area (Å²) in [5.74, 6) is -0.0391. The van der Waals surface area contributed by atoms with Gasteiger partial charge in [0, 0.05) is 25.6 Å². The van der Waals surface area contributed by atoms with Gasteiger partial charge in [-0.2, -0.15) is 0 Å². The van der Waals surface area contributed by atoms with E-state index < -0.39 is 26.9 Å². The molecule has 0 bridgehead atoms. The highest BCUT2D eigenvalue weighted by Crippen LogP contribution is 2.34. The molecule has 1 aliphatic rings. The van der Waals surface area contributed by atoms with Crippen molar-refractivity contribution in [3.8, 4) is 11.5 Å². The summed E-state index contributed by atoms with van der Waals surface area (Å²) in [6.07, 6.45) is 3.63. The molecule has 0 radical (unpaired) electrons. The van der Waals surface area contributed by atoms with E-state index in [2.05, 4.69) is 4.98 Å². The molecule has 1 aliphatic heterocycles. The molecule has 8 nitrogen and oxygen atoms in total. The minimum absolute atomic E-state index is 0.0844. The van der Waals surface area contributed by atoms with E-state index in [0.29, 0.717) is 11.5 Å². The molecule has 144 valence electrons. The fourth-order valence-electron chi connectivity index (χ4n) is 3.02. The number of ether oxygens (including phenoxy) is 2. The first-order valence-electron chi connectivity index (χ1n) is 8.38. The number of carbonyl (C=O) groups is 1. The maximum absolute atomic E-state index is 12.8. The van der Waals surface area contributed by atoms with Crippen LogP contribution in [0.15, 0.2) is 53.7 Å². The van der Waals surface area contributed by atoms with Crippen LogP contribution in [0.25, 0.3) is 0 Å². The van der Waals surface area contributed by atoms with Gasteiger partial charge in [-0.1, -0.05) is 0 Å². The van der Waals surface area contributed by atoms with Crippen molar-refractivity contribution in [3.05, 3.63) is 48.8 Å². The van der Waals surface area contributed by atoms with Crippen LogP contribution in [-0.2, 0) is 19.4 Å². The second kappa shape index (κ2) is 8.03. The van der Waals surface area contributed by atoms with Crippen LogP contribution < -0.4 is 10.2 Å². The molecule has 0 saturated carbocycles. The molecule has 2 heterocycles. The maximum Gasteiger partial charge on any atom is 0.250 e. The largest absolute Gasteiger partial charge is 0.457 e. The fourth-order valence-corrected chi connectivity index (χ4v) is 4.89. The van der Waals surface area contributed by atoms with Crippen molar-refractivity contribution in [2.75, 3.05) is 19.0 Å². The van der Waals surface area contributed by atoms with Crippen LogP contribution in [-0.4, -0.2) is 43.5 Å². The molecular formula is C18H20N2O6S. The van der Waals surface area contributed by atoms with Gasteiger partial charge in [0.2, 0.25) is 0 Å². The number of hydrogen-bond acceptors (Lipinski definition) is 7. The summed E-state index contributed by atoms with van der Waals surface area (Å²) < 4.78 is 36.5. The minimum Gasteiger partial charge on any atom is -0.457 e. The third kappa shape index (κ3) is 4.44. The van der Waals surface area contributed by atoms with E-state index in [4.69, 9.17) is 14.7 Å². The molecule has 0 spiro atoms. The molecule has 2 N–H and O–H groups in total. The van der Waals surface area contributed by atoms with E-state index in [-0.39, 0.29) is 31.0 Å². The zero-order valence-corrected chi connectivity index (χ0v) is 15.3. The van der Waals surface area contributed by atoms with Crippen LogP contribution in [0.5, 0.6) is 11.5 Å². The lowest BCUT2D eigenvalue weighted by Crippen LogP contribution is -2.47. The van der Waals surface area contributed by atoms with Crippen LogP contribution in [0.4, 0.5) is 0 Å². The van der Waals surface area contributed by atoms with E-state index in [9.17, 15) is 13.2 Å². The van der Waals surface area contributed by atoms with Crippen LogP contribution in [0, 0.1) is 5.41 Å². The number of hydroxylamine groups is 1. The van der Waals surface area contributed by atoms with Crippen molar-refractivity contribution in [2.24, 2.45) is 5.41 Å². The Balaban J connectivity index is 1.78. The van der Waals surface area contributed by atoms with Crippen molar-refractivity contribution in [2.45, 2.75) is 17.7 Å². The standard InChI is InChI=1S/C18H20N2O6S/c21-17(20-22)18(7-11-25-12-8-18)13-27(23,24)16-3-1-14(2-4-16)26-15-5-9-19-10-6-15/h1-6,9-10,22H,7-8,11-13H2,(H,20,21). The smallest absolute Gasteiger partial charge is 0.250 e. The second-order valence-corrected chi connectivity index (χ2v) is 8.34. The minimum atomic E-state index is -3.76. The third-order valence-corrected chi connectivity index (χ3v) is 6.49. The zero-order chi connectivity index (χ0) is 19.3. The van der Waals surface area contributed by atoms with Crippen molar-refractivity contribution in [3.63, 3.8) is 0 Å². The normalized spacial score (nSPS) is 16.5. The number of carbonyl (C=O) groups excluding carboxylic acids is 1. The molecule has 1 aromatic heterocycles. The Morgan fingerprint density at radius 3 is 2.30 bits per heavy atom. The number of nitrogens with zero attached hydrogens (tertiary/aromatic N) is 1. The Bertz CT molecular complexity index is 878.